The van der Waals surface area contributed by atoms with Gasteiger partial charge in [0, 0.05) is 29.2 Å². The van der Waals surface area contributed by atoms with Crippen molar-refractivity contribution >= 4 is 39.5 Å². The van der Waals surface area contributed by atoms with Crippen molar-refractivity contribution in [1.29, 1.82) is 0 Å². The highest BCUT2D eigenvalue weighted by Crippen LogP contribution is 2.23. The van der Waals surface area contributed by atoms with Crippen LogP contribution in [-0.4, -0.2) is 10.1 Å². The average Bonchev–Trinajstić information content (AvgIpc) is 2.48. The van der Waals surface area contributed by atoms with E-state index in [0.29, 0.717) is 5.11 Å². The highest BCUT2D eigenvalue weighted by molar-refractivity contribution is 7.80. The van der Waals surface area contributed by atoms with Gasteiger partial charge in [-0.2, -0.15) is 0 Å². The lowest BCUT2D eigenvalue weighted by Crippen LogP contribution is -2.19. The highest BCUT2D eigenvalue weighted by Gasteiger charge is 2.02. The van der Waals surface area contributed by atoms with Crippen molar-refractivity contribution in [2.45, 2.75) is 0 Å². The Labute approximate surface area is 122 Å². The molecular weight excluding hydrogens is 266 g/mol. The molecular formula is C16H13N3S. The summed E-state index contributed by atoms with van der Waals surface area (Å²) in [4.78, 5) is 3.97. The predicted molar refractivity (Wildman–Crippen MR) is 88.0 cm³/mol. The lowest BCUT2D eigenvalue weighted by molar-refractivity contribution is 1.33. The molecule has 0 radical (unpaired) electrons. The van der Waals surface area contributed by atoms with Gasteiger partial charge in [0.05, 0.1) is 0 Å². The number of anilines is 2. The van der Waals surface area contributed by atoms with Crippen LogP contribution >= 0.6 is 12.2 Å². The molecule has 0 unspecified atom stereocenters. The zero-order chi connectivity index (χ0) is 13.8. The summed E-state index contributed by atoms with van der Waals surface area (Å²) in [5.41, 5.74) is 1.91. The quantitative estimate of drug-likeness (QED) is 0.694. The number of nitrogens with one attached hydrogen (secondary N) is 2. The molecule has 0 amide bonds. The van der Waals surface area contributed by atoms with Crippen LogP contribution in [0.15, 0.2) is 67.0 Å². The number of nitrogens with zero attached hydrogens (tertiary/aromatic N) is 1. The van der Waals surface area contributed by atoms with E-state index >= 15 is 0 Å². The lowest BCUT2D eigenvalue weighted by atomic mass is 10.1. The SMILES string of the molecule is S=C(Nc1ccncc1)Nc1cccc2ccccc12. The Morgan fingerprint density at radius 2 is 1.60 bits per heavy atom. The van der Waals surface area contributed by atoms with E-state index in [0.717, 1.165) is 16.8 Å². The molecule has 1 aromatic heterocycles. The Hall–Kier alpha value is -2.46. The molecule has 2 N–H and O–H groups in total. The molecule has 3 nitrogen and oxygen atoms in total. The van der Waals surface area contributed by atoms with Gasteiger partial charge < -0.3 is 10.6 Å². The number of fused-ring (bicyclic) bond motifs is 1. The largest absolute Gasteiger partial charge is 0.332 e. The fourth-order valence-corrected chi connectivity index (χ4v) is 2.28. The fourth-order valence-electron chi connectivity index (χ4n) is 2.05. The van der Waals surface area contributed by atoms with Gasteiger partial charge in [-0.1, -0.05) is 36.4 Å². The van der Waals surface area contributed by atoms with Gasteiger partial charge in [0.15, 0.2) is 5.11 Å². The third-order valence-corrected chi connectivity index (χ3v) is 3.18. The summed E-state index contributed by atoms with van der Waals surface area (Å²) in [5, 5.41) is 9.26. The van der Waals surface area contributed by atoms with Crippen molar-refractivity contribution in [3.8, 4) is 0 Å². The van der Waals surface area contributed by atoms with E-state index in [-0.39, 0.29) is 0 Å². The first-order valence-corrected chi connectivity index (χ1v) is 6.69. The van der Waals surface area contributed by atoms with Gasteiger partial charge in [0.25, 0.3) is 0 Å². The zero-order valence-electron chi connectivity index (χ0n) is 10.7. The Balaban J connectivity index is 1.81. The Morgan fingerprint density at radius 1 is 0.850 bits per heavy atom. The van der Waals surface area contributed by atoms with E-state index in [1.54, 1.807) is 12.4 Å². The molecule has 3 aromatic rings. The minimum atomic E-state index is 0.563. The molecule has 0 fully saturated rings. The standard InChI is InChI=1S/C16H13N3S/c20-16(18-13-8-10-17-11-9-13)19-15-7-3-5-12-4-1-2-6-14(12)15/h1-11H,(H2,17,18,19,20). The monoisotopic (exact) mass is 279 g/mol. The van der Waals surface area contributed by atoms with Crippen LogP contribution in [0.1, 0.15) is 0 Å². The number of rotatable bonds is 2. The molecule has 0 bridgehead atoms. The van der Waals surface area contributed by atoms with Gasteiger partial charge >= 0.3 is 0 Å². The van der Waals surface area contributed by atoms with E-state index in [4.69, 9.17) is 12.2 Å². The van der Waals surface area contributed by atoms with Crippen LogP contribution in [0.5, 0.6) is 0 Å². The smallest absolute Gasteiger partial charge is 0.175 e. The molecule has 20 heavy (non-hydrogen) atoms. The van der Waals surface area contributed by atoms with Crippen molar-refractivity contribution in [3.63, 3.8) is 0 Å². The van der Waals surface area contributed by atoms with E-state index in [9.17, 15) is 0 Å². The van der Waals surface area contributed by atoms with Gasteiger partial charge in [0.1, 0.15) is 0 Å². The maximum Gasteiger partial charge on any atom is 0.175 e. The first-order valence-electron chi connectivity index (χ1n) is 6.29. The first-order chi connectivity index (χ1) is 9.83. The van der Waals surface area contributed by atoms with Gasteiger partial charge in [-0.25, -0.2) is 0 Å². The number of benzene rings is 2. The van der Waals surface area contributed by atoms with Crippen LogP contribution in [0.2, 0.25) is 0 Å². The molecule has 0 saturated heterocycles. The van der Waals surface area contributed by atoms with Crippen molar-refractivity contribution in [2.24, 2.45) is 0 Å². The van der Waals surface area contributed by atoms with E-state index in [1.807, 2.05) is 36.4 Å². The van der Waals surface area contributed by atoms with Crippen LogP contribution in [0.25, 0.3) is 10.8 Å². The predicted octanol–water partition coefficient (Wildman–Crippen LogP) is 4.04. The number of aromatic nitrogens is 1. The second kappa shape index (κ2) is 5.67. The molecule has 0 aliphatic carbocycles. The number of hydrogen-bond donors (Lipinski definition) is 2. The van der Waals surface area contributed by atoms with Gasteiger partial charge in [-0.15, -0.1) is 0 Å². The molecule has 0 saturated carbocycles. The topological polar surface area (TPSA) is 37.0 Å². The maximum atomic E-state index is 5.34. The summed E-state index contributed by atoms with van der Waals surface area (Å²) in [7, 11) is 0. The third kappa shape index (κ3) is 2.75. The minimum absolute atomic E-state index is 0.563. The first kappa shape index (κ1) is 12.6. The van der Waals surface area contributed by atoms with E-state index < -0.39 is 0 Å². The molecule has 1 heterocycles. The summed E-state index contributed by atoms with van der Waals surface area (Å²) in [6, 6.07) is 18.1. The average molecular weight is 279 g/mol. The van der Waals surface area contributed by atoms with Gasteiger partial charge in [-0.05, 0) is 35.8 Å². The van der Waals surface area contributed by atoms with E-state index in [1.165, 1.54) is 5.39 Å². The Morgan fingerprint density at radius 3 is 2.45 bits per heavy atom. The van der Waals surface area contributed by atoms with Crippen molar-refractivity contribution in [1.82, 2.24) is 4.98 Å². The zero-order valence-corrected chi connectivity index (χ0v) is 11.5. The molecule has 4 heteroatoms. The fraction of sp³-hybridized carbons (Fsp3) is 0. The summed E-state index contributed by atoms with van der Waals surface area (Å²) in [6.07, 6.45) is 3.45. The second-order valence-electron chi connectivity index (χ2n) is 4.34. The molecule has 0 spiro atoms. The van der Waals surface area contributed by atoms with E-state index in [2.05, 4.69) is 33.8 Å². The van der Waals surface area contributed by atoms with Crippen LogP contribution in [-0.2, 0) is 0 Å². The molecule has 2 aromatic carbocycles. The van der Waals surface area contributed by atoms with Gasteiger partial charge in [-0.3, -0.25) is 4.98 Å². The summed E-state index contributed by atoms with van der Waals surface area (Å²) in [6.45, 7) is 0. The van der Waals surface area contributed by atoms with Gasteiger partial charge in [0.2, 0.25) is 0 Å². The molecule has 0 aliphatic heterocycles. The Bertz CT molecular complexity index is 736. The highest BCUT2D eigenvalue weighted by atomic mass is 32.1. The van der Waals surface area contributed by atoms with Crippen molar-refractivity contribution in [2.75, 3.05) is 10.6 Å². The number of pyridine rings is 1. The van der Waals surface area contributed by atoms with Crippen LogP contribution < -0.4 is 10.6 Å². The normalized spacial score (nSPS) is 10.2. The van der Waals surface area contributed by atoms with Crippen molar-refractivity contribution < 1.29 is 0 Å². The van der Waals surface area contributed by atoms with Crippen LogP contribution in [0.3, 0.4) is 0 Å². The third-order valence-electron chi connectivity index (χ3n) is 2.98. The minimum Gasteiger partial charge on any atom is -0.332 e. The summed E-state index contributed by atoms with van der Waals surface area (Å²) >= 11 is 5.34. The second-order valence-corrected chi connectivity index (χ2v) is 4.75. The molecule has 3 rings (SSSR count). The van der Waals surface area contributed by atoms with Crippen molar-refractivity contribution in [3.05, 3.63) is 67.0 Å². The molecule has 98 valence electrons. The maximum absolute atomic E-state index is 5.34. The summed E-state index contributed by atoms with van der Waals surface area (Å²) in [5.74, 6) is 0. The Kier molecular flexibility index (Phi) is 3.56. The lowest BCUT2D eigenvalue weighted by Gasteiger charge is -2.12. The molecule has 0 atom stereocenters. The summed E-state index contributed by atoms with van der Waals surface area (Å²) < 4.78 is 0. The number of thiocarbonyl (C=S) groups is 1. The van der Waals surface area contributed by atoms with Crippen LogP contribution in [0, 0.1) is 0 Å². The molecule has 0 aliphatic rings. The number of hydrogen-bond acceptors (Lipinski definition) is 2. The van der Waals surface area contributed by atoms with Crippen LogP contribution in [0.4, 0.5) is 11.4 Å².